The van der Waals surface area contributed by atoms with Gasteiger partial charge in [-0.25, -0.2) is 19.9 Å². The van der Waals surface area contributed by atoms with Crippen molar-refractivity contribution in [2.45, 2.75) is 0 Å². The molecule has 0 aliphatic heterocycles. The van der Waals surface area contributed by atoms with E-state index in [0.717, 1.165) is 123 Å². The van der Waals surface area contributed by atoms with Crippen molar-refractivity contribution in [3.05, 3.63) is 400 Å². The van der Waals surface area contributed by atoms with Crippen LogP contribution in [0.25, 0.3) is 257 Å². The van der Waals surface area contributed by atoms with E-state index in [0.29, 0.717) is 11.6 Å². The minimum absolute atomic E-state index is 0.666. The summed E-state index contributed by atoms with van der Waals surface area (Å²) in [4.78, 5) is 21.9. The van der Waals surface area contributed by atoms with Gasteiger partial charge in [0.05, 0.1) is 22.8 Å². The minimum Gasteiger partial charge on any atom is -0.228 e. The van der Waals surface area contributed by atoms with E-state index in [4.69, 9.17) is 19.9 Å². The van der Waals surface area contributed by atoms with Crippen LogP contribution in [0.3, 0.4) is 0 Å². The first-order valence-electron chi connectivity index (χ1n) is 41.4. The lowest BCUT2D eigenvalue weighted by molar-refractivity contribution is 1.18. The summed E-state index contributed by atoms with van der Waals surface area (Å²) >= 11 is 9.30. The van der Waals surface area contributed by atoms with Crippen LogP contribution in [0.4, 0.5) is 0 Å². The summed E-state index contributed by atoms with van der Waals surface area (Å²) in [6, 6.07) is 148. The van der Waals surface area contributed by atoms with Gasteiger partial charge >= 0.3 is 0 Å². The van der Waals surface area contributed by atoms with E-state index in [9.17, 15) is 0 Å². The first kappa shape index (κ1) is 71.4. The molecule has 25 aromatic rings. The first-order chi connectivity index (χ1) is 60.8. The maximum atomic E-state index is 5.77. The number of rotatable bonds is 13. The smallest absolute Gasteiger partial charge is 0.160 e. The molecule has 0 bridgehead atoms. The van der Waals surface area contributed by atoms with Gasteiger partial charge in [-0.05, 0) is 210 Å². The highest BCUT2D eigenvalue weighted by Gasteiger charge is 2.26. The molecule has 7 heterocycles. The van der Waals surface area contributed by atoms with Crippen molar-refractivity contribution in [1.29, 1.82) is 0 Å². The highest BCUT2D eigenvalue weighted by molar-refractivity contribution is 7.27. The predicted molar refractivity (Wildman–Crippen MR) is 530 cm³/mol. The van der Waals surface area contributed by atoms with Crippen LogP contribution in [0.2, 0.25) is 0 Å². The number of hydrogen-bond donors (Lipinski definition) is 0. The van der Waals surface area contributed by atoms with Gasteiger partial charge in [0.15, 0.2) is 11.6 Å². The van der Waals surface area contributed by atoms with Crippen LogP contribution >= 0.6 is 56.7 Å². The molecule has 0 saturated carbocycles. The van der Waals surface area contributed by atoms with Crippen LogP contribution in [0.15, 0.2) is 400 Å². The zero-order chi connectivity index (χ0) is 80.7. The van der Waals surface area contributed by atoms with Crippen LogP contribution in [0, 0.1) is 0 Å². The number of fused-ring (bicyclic) bond motifs is 16. The fourth-order valence-corrected chi connectivity index (χ4v) is 24.0. The SMILES string of the molecule is c1ccc(-c2ccc(-c3cc(-c4ccc(-c5ccc6sc7cc(-c8cccc9c8sc8ccc(-c%10cc(-c%11ccc%12sc%13ccccc%13c%12c%11)cc(-c%11ccc%12sc%13ccccc%13c%12c%11)c%10-c%10cc(-c%11ccc%12ccccc%12c%11)nc(-c%11ccccc%11)n%10)cc89)ccc7c6c5)c(-c5ccc6sc7ccccc7c6c5)c4)nc(-c4ccccc4)n3)cc2)cc1. The van der Waals surface area contributed by atoms with E-state index in [1.165, 1.54) is 123 Å². The second kappa shape index (κ2) is 29.1. The molecule has 0 amide bonds. The third-order valence-corrected chi connectivity index (χ3v) is 30.4. The summed E-state index contributed by atoms with van der Waals surface area (Å²) in [7, 11) is 0. The molecule has 4 nitrogen and oxygen atoms in total. The van der Waals surface area contributed by atoms with Crippen LogP contribution in [0.5, 0.6) is 0 Å². The van der Waals surface area contributed by atoms with Gasteiger partial charge in [0.1, 0.15) is 0 Å². The quantitative estimate of drug-likeness (QED) is 0.115. The Morgan fingerprint density at radius 2 is 0.504 bits per heavy atom. The average Bonchev–Trinajstić information content (AvgIpc) is 1.73. The molecule has 18 aromatic carbocycles. The molecule has 0 spiro atoms. The van der Waals surface area contributed by atoms with Crippen LogP contribution < -0.4 is 0 Å². The molecule has 0 unspecified atom stereocenters. The molecule has 123 heavy (non-hydrogen) atoms. The number of nitrogens with zero attached hydrogens (tertiary/aromatic N) is 4. The zero-order valence-electron chi connectivity index (χ0n) is 65.9. The summed E-state index contributed by atoms with van der Waals surface area (Å²) in [5.74, 6) is 1.35. The average molecular weight is 1650 g/mol. The molecule has 0 aliphatic rings. The molecule has 7 aromatic heterocycles. The molecular formula is C114H66N4S5. The summed E-state index contributed by atoms with van der Waals surface area (Å²) in [6.45, 7) is 0. The lowest BCUT2D eigenvalue weighted by Crippen LogP contribution is -1.99. The Bertz CT molecular complexity index is 8630. The lowest BCUT2D eigenvalue weighted by Gasteiger charge is -2.20. The molecule has 0 aliphatic carbocycles. The van der Waals surface area contributed by atoms with Gasteiger partial charge in [-0.2, -0.15) is 0 Å². The molecule has 0 saturated heterocycles. The Kier molecular flexibility index (Phi) is 16.9. The number of aromatic nitrogens is 4. The van der Waals surface area contributed by atoms with Gasteiger partial charge < -0.3 is 0 Å². The lowest BCUT2D eigenvalue weighted by atomic mass is 9.85. The third kappa shape index (κ3) is 12.5. The normalized spacial score (nSPS) is 11.9. The van der Waals surface area contributed by atoms with E-state index < -0.39 is 0 Å². The summed E-state index contributed by atoms with van der Waals surface area (Å²) < 4.78 is 12.6. The van der Waals surface area contributed by atoms with Crippen LogP contribution in [0.1, 0.15) is 0 Å². The van der Waals surface area contributed by atoms with E-state index in [-0.39, 0.29) is 0 Å². The van der Waals surface area contributed by atoms with Crippen LogP contribution in [-0.4, -0.2) is 19.9 Å². The topological polar surface area (TPSA) is 51.6 Å². The standard InChI is InChI=1S/C114H66N4S5/c1-4-19-67(20-5-1)69-35-38-70(39-36-69)98-65-99(116-113(115-98)71-22-6-2-7-23-71)81-42-48-83(90(61-81)76-45-52-106-94(58-76)86-28-13-16-33-103(86)120-106)75-44-51-108-96(57-75)88-49-41-79(64-110(88)122-108)84-30-18-31-89-97-60-78(47-54-109(97)123-112(84)89)92-63-82(74-43-50-105-93(56-74)85-27-12-15-32-102(85)119-105)62-91(77-46-53-107-95(59-77)87-29-14-17-34-104(87)121-107)111(92)101-66-100(117-114(118-101)72-24-8-3-9-25-72)80-40-37-68-21-10-11-26-73(68)55-80/h1-66H. The fraction of sp³-hybridized carbons (Fsp3) is 0. The van der Waals surface area contributed by atoms with Crippen LogP contribution in [-0.2, 0) is 0 Å². The number of hydrogen-bond acceptors (Lipinski definition) is 9. The van der Waals surface area contributed by atoms with Gasteiger partial charge in [0.25, 0.3) is 0 Å². The Labute approximate surface area is 728 Å². The second-order valence-electron chi connectivity index (χ2n) is 31.8. The monoisotopic (exact) mass is 1650 g/mol. The Hall–Kier alpha value is -14.5. The van der Waals surface area contributed by atoms with Crippen molar-refractivity contribution >= 4 is 168 Å². The van der Waals surface area contributed by atoms with E-state index in [2.05, 4.69) is 394 Å². The molecule has 25 rings (SSSR count). The van der Waals surface area contributed by atoms with Gasteiger partial charge in [-0.15, -0.1) is 56.7 Å². The molecular weight excluding hydrogens is 1590 g/mol. The van der Waals surface area contributed by atoms with Crippen molar-refractivity contribution in [2.75, 3.05) is 0 Å². The van der Waals surface area contributed by atoms with Gasteiger partial charge in [0, 0.05) is 134 Å². The largest absolute Gasteiger partial charge is 0.228 e. The van der Waals surface area contributed by atoms with E-state index >= 15 is 0 Å². The van der Waals surface area contributed by atoms with Gasteiger partial charge in [-0.3, -0.25) is 0 Å². The highest BCUT2D eigenvalue weighted by atomic mass is 32.1. The van der Waals surface area contributed by atoms with Crippen molar-refractivity contribution in [2.24, 2.45) is 0 Å². The maximum Gasteiger partial charge on any atom is 0.160 e. The predicted octanol–water partition coefficient (Wildman–Crippen LogP) is 33.9. The molecule has 0 N–H and O–H groups in total. The zero-order valence-corrected chi connectivity index (χ0v) is 70.0. The first-order valence-corrected chi connectivity index (χ1v) is 45.5. The fourth-order valence-electron chi connectivity index (χ4n) is 18.4. The van der Waals surface area contributed by atoms with Crippen molar-refractivity contribution in [3.63, 3.8) is 0 Å². The van der Waals surface area contributed by atoms with Crippen molar-refractivity contribution in [1.82, 2.24) is 19.9 Å². The van der Waals surface area contributed by atoms with E-state index in [1.54, 1.807) is 0 Å². The summed E-state index contributed by atoms with van der Waals surface area (Å²) in [5, 5.41) is 14.8. The van der Waals surface area contributed by atoms with E-state index in [1.807, 2.05) is 62.8 Å². The summed E-state index contributed by atoms with van der Waals surface area (Å²) in [5.41, 5.74) is 25.5. The molecule has 0 radical (unpaired) electrons. The van der Waals surface area contributed by atoms with Gasteiger partial charge in [-0.1, -0.05) is 279 Å². The van der Waals surface area contributed by atoms with Gasteiger partial charge in [0.2, 0.25) is 0 Å². The highest BCUT2D eigenvalue weighted by Crippen LogP contribution is 2.52. The Morgan fingerprint density at radius 1 is 0.146 bits per heavy atom. The number of thiophene rings is 5. The second-order valence-corrected chi connectivity index (χ2v) is 37.2. The third-order valence-electron chi connectivity index (χ3n) is 24.5. The maximum absolute atomic E-state index is 5.77. The Morgan fingerprint density at radius 3 is 1.08 bits per heavy atom. The Balaban J connectivity index is 0.635. The number of benzene rings is 18. The van der Waals surface area contributed by atoms with Crippen molar-refractivity contribution < 1.29 is 0 Å². The summed E-state index contributed by atoms with van der Waals surface area (Å²) in [6.07, 6.45) is 0. The molecule has 9 heteroatoms. The molecule has 572 valence electrons. The minimum atomic E-state index is 0.666. The molecule has 0 fully saturated rings. The molecule has 0 atom stereocenters. The van der Waals surface area contributed by atoms with Crippen molar-refractivity contribution in [3.8, 4) is 146 Å².